The van der Waals surface area contributed by atoms with Gasteiger partial charge >= 0.3 is 0 Å². The number of halogens is 5. The number of ketones is 3. The van der Waals surface area contributed by atoms with Crippen LogP contribution in [0.15, 0.2) is 175 Å². The third kappa shape index (κ3) is 19.9. The molecule has 0 aliphatic rings. The van der Waals surface area contributed by atoms with Crippen LogP contribution in [0, 0.1) is 41.7 Å². The molecule has 0 radical (unpaired) electrons. The van der Waals surface area contributed by atoms with Gasteiger partial charge in [0.2, 0.25) is 0 Å². The van der Waals surface area contributed by atoms with E-state index in [0.29, 0.717) is 77.8 Å². The number of nitrogens with zero attached hydrogens (tertiary/aromatic N) is 6. The first-order valence-corrected chi connectivity index (χ1v) is 30.9. The molecule has 0 bridgehead atoms. The first kappa shape index (κ1) is 72.7. The highest BCUT2D eigenvalue weighted by atomic mass is 79.9. The molecule has 3 aromatic heterocycles. The SMILES string of the molecule is COc1ccc(CC(=O)c2ccc(C(=N)N(C)C)cc2F)c(C(=O)Nc2ccc(Cl)cn2)c1.Cc1ccc(CC(=O)c2ccc(C(=N)N(C)C)cc2)c(C(=O)Nc2ccc(Br)cn2)c1.Cc1ccc(CC(=O)c2ccc(C(=N)N(C)C)cc2F)c(C(=O)Nc2ccc(Cl)cn2)c1. The Labute approximate surface area is 572 Å². The van der Waals surface area contributed by atoms with E-state index in [1.807, 2.05) is 26.0 Å². The molecule has 0 saturated carbocycles. The molecule has 0 aliphatic carbocycles. The molecule has 0 spiro atoms. The van der Waals surface area contributed by atoms with Crippen molar-refractivity contribution in [3.63, 3.8) is 0 Å². The molecule has 3 amide bonds. The third-order valence-electron chi connectivity index (χ3n) is 14.4. The van der Waals surface area contributed by atoms with Gasteiger partial charge in [-0.2, -0.15) is 0 Å². The van der Waals surface area contributed by atoms with Crippen LogP contribution in [0.1, 0.15) is 107 Å². The third-order valence-corrected chi connectivity index (χ3v) is 15.4. The van der Waals surface area contributed by atoms with Gasteiger partial charge in [-0.15, -0.1) is 0 Å². The number of anilines is 3. The van der Waals surface area contributed by atoms with Gasteiger partial charge in [-0.3, -0.25) is 45.0 Å². The number of amides is 3. The number of pyridine rings is 3. The summed E-state index contributed by atoms with van der Waals surface area (Å²) in [5.41, 5.74) is 6.03. The van der Waals surface area contributed by atoms with Gasteiger partial charge in [0.05, 0.1) is 28.3 Å². The number of benzene rings is 6. The predicted octanol–water partition coefficient (Wildman–Crippen LogP) is 13.9. The minimum absolute atomic E-state index is 0.0911. The fourth-order valence-corrected chi connectivity index (χ4v) is 9.70. The Hall–Kier alpha value is -10.7. The lowest BCUT2D eigenvalue weighted by molar-refractivity contribution is 0.0976. The lowest BCUT2D eigenvalue weighted by Gasteiger charge is -2.15. The highest BCUT2D eigenvalue weighted by Gasteiger charge is 2.23. The summed E-state index contributed by atoms with van der Waals surface area (Å²) in [5.74, 6) is -1.63. The molecule has 6 N–H and O–H groups in total. The number of carbonyl (C=O) groups is 6. The lowest BCUT2D eigenvalue weighted by atomic mass is 9.96. The molecule has 0 aliphatic heterocycles. The average Bonchev–Trinajstić information content (AvgIpc) is 0.858. The Bertz CT molecular complexity index is 4420. The predicted molar refractivity (Wildman–Crippen MR) is 375 cm³/mol. The van der Waals surface area contributed by atoms with Crippen molar-refractivity contribution in [1.29, 1.82) is 16.2 Å². The van der Waals surface area contributed by atoms with Crippen LogP contribution in [0.4, 0.5) is 26.2 Å². The topological polar surface area (TPSA) is 268 Å². The zero-order valence-corrected chi connectivity index (χ0v) is 56.8. The first-order chi connectivity index (χ1) is 45.6. The standard InChI is InChI=1S/C24H23BrN4O2.C24H22ClFN4O3.C24H22ClFN4O2/c1-15-4-5-18(20(12-15)24(31)28-22-11-10-19(25)14-27-22)13-21(30)16-6-8-17(9-7-16)23(26)29(2)3;1-30(2)23(27)15-5-8-18(20(26)10-15)21(31)11-14-4-7-17(33-3)12-19(14)24(32)29-22-9-6-16(25)13-28-22;1-14-4-5-15(19(10-14)24(32)29-22-9-7-17(25)13-28-22)12-21(31)18-8-6-16(11-20(18)26)23(27)30(2)3/h4-12,14,26H,13H2,1-3H3,(H,27,28,31);4-10,12-13,27H,11H2,1-3H3,(H,28,29,32);4-11,13,27H,12H2,1-3H3,(H,28,29,32). The van der Waals surface area contributed by atoms with E-state index in [0.717, 1.165) is 27.2 Å². The van der Waals surface area contributed by atoms with E-state index >= 15 is 0 Å². The van der Waals surface area contributed by atoms with Gasteiger partial charge in [0.25, 0.3) is 17.7 Å². The molecule has 3 heterocycles. The highest BCUT2D eigenvalue weighted by molar-refractivity contribution is 9.10. The average molecular weight is 1400 g/mol. The van der Waals surface area contributed by atoms with Gasteiger partial charge in [-0.25, -0.2) is 23.7 Å². The van der Waals surface area contributed by atoms with E-state index in [-0.39, 0.29) is 65.1 Å². The van der Waals surface area contributed by atoms with Crippen LogP contribution in [0.5, 0.6) is 5.75 Å². The zero-order valence-electron chi connectivity index (χ0n) is 53.7. The van der Waals surface area contributed by atoms with E-state index in [4.69, 9.17) is 44.2 Å². The Balaban J connectivity index is 0.000000203. The molecule has 9 aromatic rings. The summed E-state index contributed by atoms with van der Waals surface area (Å²) in [6.07, 6.45) is 4.16. The van der Waals surface area contributed by atoms with E-state index in [1.165, 1.54) is 60.8 Å². The minimum Gasteiger partial charge on any atom is -0.497 e. The maximum absolute atomic E-state index is 14.7. The Kier molecular flexibility index (Phi) is 25.3. The number of Topliss-reactive ketones (excluding diaryl/α,β-unsaturated/α-hetero) is 3. The Morgan fingerprint density at radius 3 is 1.16 bits per heavy atom. The molecule has 0 fully saturated rings. The van der Waals surface area contributed by atoms with Crippen LogP contribution in [0.3, 0.4) is 0 Å². The summed E-state index contributed by atoms with van der Waals surface area (Å²) in [7, 11) is 11.8. The first-order valence-electron chi connectivity index (χ1n) is 29.3. The van der Waals surface area contributed by atoms with E-state index in [1.54, 1.807) is 155 Å². The van der Waals surface area contributed by atoms with Crippen molar-refractivity contribution in [2.24, 2.45) is 0 Å². The van der Waals surface area contributed by atoms with Crippen molar-refractivity contribution in [3.8, 4) is 5.75 Å². The number of nitrogens with one attached hydrogen (secondary N) is 6. The fourth-order valence-electron chi connectivity index (χ4n) is 9.24. The van der Waals surface area contributed by atoms with Crippen LogP contribution in [0.2, 0.25) is 10.0 Å². The molecule has 24 heteroatoms. The largest absolute Gasteiger partial charge is 0.497 e. The van der Waals surface area contributed by atoms with E-state index < -0.39 is 35.0 Å². The van der Waals surface area contributed by atoms with Crippen LogP contribution in [-0.2, 0) is 19.3 Å². The minimum atomic E-state index is -0.728. The molecular formula is C72H67BrCl2F2N12O7. The molecule has 0 saturated heterocycles. The molecule has 0 unspecified atom stereocenters. The number of hydrogen-bond donors (Lipinski definition) is 6. The van der Waals surface area contributed by atoms with Crippen molar-refractivity contribution >= 4 is 109 Å². The quantitative estimate of drug-likeness (QED) is 0.0250. The zero-order chi connectivity index (χ0) is 70.1. The maximum Gasteiger partial charge on any atom is 0.257 e. The van der Waals surface area contributed by atoms with E-state index in [9.17, 15) is 37.5 Å². The summed E-state index contributed by atoms with van der Waals surface area (Å²) in [5, 5.41) is 32.9. The van der Waals surface area contributed by atoms with Crippen molar-refractivity contribution in [1.82, 2.24) is 29.7 Å². The van der Waals surface area contributed by atoms with Crippen molar-refractivity contribution in [3.05, 3.63) is 274 Å². The monoisotopic (exact) mass is 1400 g/mol. The van der Waals surface area contributed by atoms with Gasteiger partial charge in [-0.05, 0) is 131 Å². The van der Waals surface area contributed by atoms with Crippen molar-refractivity contribution in [2.75, 3.05) is 65.3 Å². The van der Waals surface area contributed by atoms with Crippen LogP contribution >= 0.6 is 39.1 Å². The summed E-state index contributed by atoms with van der Waals surface area (Å²) < 4.78 is 35.3. The van der Waals surface area contributed by atoms with Gasteiger partial charge in [0.1, 0.15) is 52.3 Å². The molecule has 96 heavy (non-hydrogen) atoms. The number of amidine groups is 3. The van der Waals surface area contributed by atoms with Crippen molar-refractivity contribution < 1.29 is 42.3 Å². The van der Waals surface area contributed by atoms with Gasteiger partial charge in [0, 0.05) is 124 Å². The lowest BCUT2D eigenvalue weighted by Crippen LogP contribution is -2.22. The number of hydrogen-bond acceptors (Lipinski definition) is 13. The fraction of sp³-hybridized carbons (Fsp3) is 0.167. The summed E-state index contributed by atoms with van der Waals surface area (Å²) in [6.45, 7) is 3.74. The van der Waals surface area contributed by atoms with E-state index in [2.05, 4.69) is 46.8 Å². The summed E-state index contributed by atoms with van der Waals surface area (Å²) >= 11 is 15.0. The van der Waals surface area contributed by atoms with Gasteiger partial charge in [-0.1, -0.05) is 101 Å². The molecule has 492 valence electrons. The highest BCUT2D eigenvalue weighted by Crippen LogP contribution is 2.25. The van der Waals surface area contributed by atoms with Gasteiger partial charge < -0.3 is 35.4 Å². The second-order valence-electron chi connectivity index (χ2n) is 22.3. The Morgan fingerprint density at radius 2 is 0.792 bits per heavy atom. The van der Waals surface area contributed by atoms with Gasteiger partial charge in [0.15, 0.2) is 17.3 Å². The number of methoxy groups -OCH3 is 1. The second kappa shape index (κ2) is 33.4. The molecule has 6 aromatic carbocycles. The molecule has 9 rings (SSSR count). The number of aromatic nitrogens is 3. The Morgan fingerprint density at radius 1 is 0.438 bits per heavy atom. The smallest absolute Gasteiger partial charge is 0.257 e. The van der Waals surface area contributed by atoms with Crippen molar-refractivity contribution in [2.45, 2.75) is 33.1 Å². The number of rotatable bonds is 19. The van der Waals surface area contributed by atoms with Crippen LogP contribution in [-0.4, -0.2) is 132 Å². The number of ether oxygens (including phenoxy) is 1. The van der Waals surface area contributed by atoms with Crippen LogP contribution in [0.25, 0.3) is 0 Å². The number of aryl methyl sites for hydroxylation is 2. The second-order valence-corrected chi connectivity index (χ2v) is 24.1. The molecule has 19 nitrogen and oxygen atoms in total. The summed E-state index contributed by atoms with van der Waals surface area (Å²) in [6, 6.07) is 40.2. The normalized spacial score (nSPS) is 10.5. The summed E-state index contributed by atoms with van der Waals surface area (Å²) in [4.78, 5) is 94.3. The molecule has 0 atom stereocenters. The maximum atomic E-state index is 14.7. The van der Waals surface area contributed by atoms with Crippen LogP contribution < -0.4 is 20.7 Å². The molecular weight excluding hydrogens is 1330 g/mol. The number of carbonyl (C=O) groups excluding carboxylic acids is 6.